The highest BCUT2D eigenvalue weighted by molar-refractivity contribution is 6.06. The maximum absolute atomic E-state index is 15.5. The highest BCUT2D eigenvalue weighted by Crippen LogP contribution is 2.42. The third-order valence-corrected chi connectivity index (χ3v) is 7.39. The zero-order valence-electron chi connectivity index (χ0n) is 24.4. The summed E-state index contributed by atoms with van der Waals surface area (Å²) < 4.78 is 37.9. The van der Waals surface area contributed by atoms with Crippen LogP contribution in [0.4, 0.5) is 10.1 Å². The molecule has 0 spiro atoms. The van der Waals surface area contributed by atoms with E-state index in [4.69, 9.17) is 24.4 Å². The van der Waals surface area contributed by atoms with E-state index >= 15 is 4.39 Å². The number of aliphatic hydroxyl groups excluding tert-OH is 1. The van der Waals surface area contributed by atoms with Gasteiger partial charge in [-0.2, -0.15) is 0 Å². The van der Waals surface area contributed by atoms with E-state index in [0.717, 1.165) is 5.56 Å². The van der Waals surface area contributed by atoms with Crippen LogP contribution in [0.5, 0.6) is 17.2 Å². The average molecular weight is 558 g/mol. The predicted octanol–water partition coefficient (Wildman–Crippen LogP) is 4.15. The van der Waals surface area contributed by atoms with E-state index in [1.165, 1.54) is 0 Å². The second-order valence-corrected chi connectivity index (χ2v) is 11.1. The number of carbonyl (C=O) groups is 1. The van der Waals surface area contributed by atoms with Gasteiger partial charge in [0.1, 0.15) is 17.7 Å². The lowest BCUT2D eigenvalue weighted by atomic mass is 9.84. The predicted molar refractivity (Wildman–Crippen MR) is 151 cm³/mol. The van der Waals surface area contributed by atoms with Crippen molar-refractivity contribution in [1.29, 1.82) is 5.41 Å². The quantitative estimate of drug-likeness (QED) is 0.420. The van der Waals surface area contributed by atoms with E-state index in [9.17, 15) is 9.90 Å². The number of aliphatic hydroxyl groups is 1. The molecular formula is C30H40FN3O6. The SMILES string of the molecule is CCOc1cc2c(c(F)c1OCC)C(=N)N(CC(=O)c1cc(N3C[C@H](O)[C@H](OC)C3)c(OC)c(C(C)(C)C)c1)C2. The van der Waals surface area contributed by atoms with E-state index in [2.05, 4.69) is 0 Å². The number of β-amino-alcohol motifs (C(OH)–C–C–N with tert-alkyl or cyclic N) is 1. The standard InChI is InChI=1S/C30H40FN3O6/c1-8-39-23-12-18-13-34(29(32)25(18)26(31)28(23)40-9-2)14-21(35)17-10-19(30(3,4)5)27(38-7)20(11-17)33-15-22(36)24(16-33)37-6/h10-12,22,24,32,36H,8-9,13-16H2,1-7H3/t22-,24+/m0/s1. The minimum atomic E-state index is -0.672. The molecule has 2 atom stereocenters. The Morgan fingerprint density at radius 1 is 1.10 bits per heavy atom. The van der Waals surface area contributed by atoms with Crippen molar-refractivity contribution < 1.29 is 33.2 Å². The Morgan fingerprint density at radius 3 is 2.38 bits per heavy atom. The lowest BCUT2D eigenvalue weighted by Crippen LogP contribution is -2.31. The number of hydrogen-bond donors (Lipinski definition) is 2. The Hall–Kier alpha value is -3.37. The number of methoxy groups -OCH3 is 2. The summed E-state index contributed by atoms with van der Waals surface area (Å²) in [5.41, 5.74) is 2.35. The molecule has 2 heterocycles. The molecule has 40 heavy (non-hydrogen) atoms. The second-order valence-electron chi connectivity index (χ2n) is 11.1. The van der Waals surface area contributed by atoms with Crippen LogP contribution in [-0.2, 0) is 16.7 Å². The van der Waals surface area contributed by atoms with Gasteiger partial charge in [0, 0.05) is 37.9 Å². The van der Waals surface area contributed by atoms with Gasteiger partial charge in [-0.05, 0) is 43.0 Å². The Kier molecular flexibility index (Phi) is 8.60. The van der Waals surface area contributed by atoms with Gasteiger partial charge in [-0.15, -0.1) is 0 Å². The van der Waals surface area contributed by atoms with Crippen molar-refractivity contribution in [1.82, 2.24) is 4.90 Å². The van der Waals surface area contributed by atoms with Crippen LogP contribution in [0.1, 0.15) is 61.7 Å². The van der Waals surface area contributed by atoms with Crippen molar-refractivity contribution in [2.24, 2.45) is 0 Å². The number of hydrogen-bond acceptors (Lipinski definition) is 8. The number of nitrogens with zero attached hydrogens (tertiary/aromatic N) is 2. The number of benzene rings is 2. The van der Waals surface area contributed by atoms with Gasteiger partial charge in [-0.1, -0.05) is 20.8 Å². The first-order valence-electron chi connectivity index (χ1n) is 13.6. The number of ether oxygens (including phenoxy) is 4. The van der Waals surface area contributed by atoms with Gasteiger partial charge in [-0.3, -0.25) is 10.2 Å². The number of nitrogens with one attached hydrogen (secondary N) is 1. The number of carbonyl (C=O) groups excluding carboxylic acids is 1. The van der Waals surface area contributed by atoms with Gasteiger partial charge < -0.3 is 33.9 Å². The number of ketones is 1. The molecule has 0 radical (unpaired) electrons. The van der Waals surface area contributed by atoms with Gasteiger partial charge >= 0.3 is 0 Å². The molecule has 1 fully saturated rings. The van der Waals surface area contributed by atoms with E-state index < -0.39 is 11.9 Å². The van der Waals surface area contributed by atoms with Gasteiger partial charge in [0.15, 0.2) is 23.1 Å². The Labute approximate surface area is 235 Å². The summed E-state index contributed by atoms with van der Waals surface area (Å²) in [6.45, 7) is 11.2. The fourth-order valence-corrected chi connectivity index (χ4v) is 5.39. The third kappa shape index (κ3) is 5.47. The van der Waals surface area contributed by atoms with Crippen LogP contribution in [0.25, 0.3) is 0 Å². The molecule has 2 aromatic rings. The van der Waals surface area contributed by atoms with Gasteiger partial charge in [-0.25, -0.2) is 4.39 Å². The fraction of sp³-hybridized carbons (Fsp3) is 0.533. The number of rotatable bonds is 10. The van der Waals surface area contributed by atoms with Crippen molar-refractivity contribution in [3.8, 4) is 17.2 Å². The van der Waals surface area contributed by atoms with Crippen LogP contribution in [0, 0.1) is 11.2 Å². The molecule has 2 aromatic carbocycles. The number of amidine groups is 1. The summed E-state index contributed by atoms with van der Waals surface area (Å²) in [4.78, 5) is 17.3. The Balaban J connectivity index is 1.68. The third-order valence-electron chi connectivity index (χ3n) is 7.39. The number of anilines is 1. The van der Waals surface area contributed by atoms with Crippen molar-refractivity contribution in [3.05, 3.63) is 46.3 Å². The first kappa shape index (κ1) is 29.6. The lowest BCUT2D eigenvalue weighted by Gasteiger charge is -2.29. The Bertz CT molecular complexity index is 1290. The summed E-state index contributed by atoms with van der Waals surface area (Å²) >= 11 is 0. The molecule has 4 rings (SSSR count). The molecule has 0 aliphatic carbocycles. The van der Waals surface area contributed by atoms with Crippen LogP contribution in [0.3, 0.4) is 0 Å². The molecule has 10 heteroatoms. The molecule has 0 amide bonds. The van der Waals surface area contributed by atoms with Crippen molar-refractivity contribution in [3.63, 3.8) is 0 Å². The monoisotopic (exact) mass is 557 g/mol. The molecule has 2 aliphatic heterocycles. The molecule has 2 N–H and O–H groups in total. The number of Topliss-reactive ketones (excluding diaryl/α,β-unsaturated/α-hetero) is 1. The summed E-state index contributed by atoms with van der Waals surface area (Å²) in [5.74, 6) is -0.0186. The maximum atomic E-state index is 15.5. The molecule has 1 saturated heterocycles. The first-order chi connectivity index (χ1) is 18.9. The normalized spacial score (nSPS) is 18.8. The van der Waals surface area contributed by atoms with Crippen LogP contribution in [0.2, 0.25) is 0 Å². The molecule has 0 aromatic heterocycles. The van der Waals surface area contributed by atoms with Crippen LogP contribution in [0.15, 0.2) is 18.2 Å². The van der Waals surface area contributed by atoms with Crippen LogP contribution in [-0.4, -0.2) is 80.9 Å². The van der Waals surface area contributed by atoms with Crippen molar-refractivity contribution in [2.75, 3.05) is 52.0 Å². The summed E-state index contributed by atoms with van der Waals surface area (Å²) in [7, 11) is 3.16. The maximum Gasteiger partial charge on any atom is 0.197 e. The Morgan fingerprint density at radius 2 is 1.80 bits per heavy atom. The summed E-state index contributed by atoms with van der Waals surface area (Å²) in [6, 6.07) is 5.30. The zero-order valence-corrected chi connectivity index (χ0v) is 24.4. The molecule has 0 unspecified atom stereocenters. The second kappa shape index (κ2) is 11.6. The zero-order chi connectivity index (χ0) is 29.4. The fourth-order valence-electron chi connectivity index (χ4n) is 5.39. The molecule has 9 nitrogen and oxygen atoms in total. The molecule has 0 bridgehead atoms. The van der Waals surface area contributed by atoms with E-state index in [-0.39, 0.29) is 54.1 Å². The highest BCUT2D eigenvalue weighted by Gasteiger charge is 2.36. The summed E-state index contributed by atoms with van der Waals surface area (Å²) in [6.07, 6.45) is -1.03. The highest BCUT2D eigenvalue weighted by atomic mass is 19.1. The molecular weight excluding hydrogens is 517 g/mol. The van der Waals surface area contributed by atoms with Gasteiger partial charge in [0.05, 0.1) is 44.2 Å². The smallest absolute Gasteiger partial charge is 0.197 e. The van der Waals surface area contributed by atoms with Crippen LogP contribution >= 0.6 is 0 Å². The average Bonchev–Trinajstić information content (AvgIpc) is 3.43. The minimum Gasteiger partial charge on any atom is -0.494 e. The van der Waals surface area contributed by atoms with Crippen molar-refractivity contribution in [2.45, 2.75) is 58.8 Å². The van der Waals surface area contributed by atoms with E-state index in [1.54, 1.807) is 45.1 Å². The number of halogens is 1. The van der Waals surface area contributed by atoms with Crippen molar-refractivity contribution >= 4 is 17.3 Å². The van der Waals surface area contributed by atoms with Gasteiger partial charge in [0.25, 0.3) is 0 Å². The largest absolute Gasteiger partial charge is 0.494 e. The minimum absolute atomic E-state index is 0.0159. The topological polar surface area (TPSA) is 105 Å². The van der Waals surface area contributed by atoms with E-state index in [1.807, 2.05) is 31.7 Å². The molecule has 218 valence electrons. The molecule has 0 saturated carbocycles. The summed E-state index contributed by atoms with van der Waals surface area (Å²) in [5, 5.41) is 19.2. The molecule has 2 aliphatic rings. The van der Waals surface area contributed by atoms with Crippen LogP contribution < -0.4 is 19.1 Å². The number of fused-ring (bicyclic) bond motifs is 1. The first-order valence-corrected chi connectivity index (χ1v) is 13.6. The lowest BCUT2D eigenvalue weighted by molar-refractivity contribution is 0.0217. The van der Waals surface area contributed by atoms with Gasteiger partial charge in [0.2, 0.25) is 0 Å². The van der Waals surface area contributed by atoms with E-state index in [0.29, 0.717) is 48.0 Å².